The summed E-state index contributed by atoms with van der Waals surface area (Å²) in [4.78, 5) is 7.30. The van der Waals surface area contributed by atoms with E-state index in [0.717, 1.165) is 43.0 Å². The summed E-state index contributed by atoms with van der Waals surface area (Å²) in [6, 6.07) is 6.65. The quantitative estimate of drug-likeness (QED) is 0.923. The fraction of sp³-hybridized carbons (Fsp3) is 0.562. The van der Waals surface area contributed by atoms with Gasteiger partial charge in [-0.25, -0.2) is 4.98 Å². The number of benzene rings is 1. The number of hydrogen-bond acceptors (Lipinski definition) is 4. The van der Waals surface area contributed by atoms with Crippen molar-refractivity contribution in [1.29, 1.82) is 0 Å². The fourth-order valence-corrected chi connectivity index (χ4v) is 3.86. The number of rotatable bonds is 2. The molecule has 2 aliphatic heterocycles. The second-order valence-corrected chi connectivity index (χ2v) is 6.48. The molecule has 2 aromatic rings. The van der Waals surface area contributed by atoms with Gasteiger partial charge in [0.05, 0.1) is 6.04 Å². The van der Waals surface area contributed by atoms with Crippen molar-refractivity contribution in [1.82, 2.24) is 15.2 Å². The lowest BCUT2D eigenvalue weighted by Gasteiger charge is -2.34. The first kappa shape index (κ1) is 13.6. The van der Waals surface area contributed by atoms with Crippen LogP contribution in [0.5, 0.6) is 0 Å². The fourth-order valence-electron chi connectivity index (χ4n) is 3.69. The third-order valence-corrected chi connectivity index (χ3v) is 4.96. The molecule has 3 heterocycles. The Morgan fingerprint density at radius 2 is 2.10 bits per heavy atom. The predicted octanol–water partition coefficient (Wildman–Crippen LogP) is 3.37. The number of nitrogens with zero attached hydrogens (tertiary/aromatic N) is 2. The minimum atomic E-state index is 0.333. The van der Waals surface area contributed by atoms with E-state index in [1.165, 1.54) is 19.3 Å². The van der Waals surface area contributed by atoms with Crippen molar-refractivity contribution >= 4 is 22.7 Å². The summed E-state index contributed by atoms with van der Waals surface area (Å²) in [7, 11) is 0. The van der Waals surface area contributed by atoms with Gasteiger partial charge in [0.15, 0.2) is 5.58 Å². The lowest BCUT2D eigenvalue weighted by Crippen LogP contribution is -2.42. The Kier molecular flexibility index (Phi) is 3.61. The molecular weight excluding hydrogens is 286 g/mol. The Labute approximate surface area is 129 Å². The summed E-state index contributed by atoms with van der Waals surface area (Å²) < 4.78 is 6.00. The smallest absolute Gasteiger partial charge is 0.212 e. The van der Waals surface area contributed by atoms with Crippen molar-refractivity contribution in [2.45, 2.75) is 37.8 Å². The van der Waals surface area contributed by atoms with E-state index in [-0.39, 0.29) is 0 Å². The summed E-state index contributed by atoms with van der Waals surface area (Å²) in [6.07, 6.45) is 4.82. The van der Waals surface area contributed by atoms with E-state index in [4.69, 9.17) is 21.0 Å². The van der Waals surface area contributed by atoms with Crippen molar-refractivity contribution in [2.24, 2.45) is 0 Å². The highest BCUT2D eigenvalue weighted by molar-refractivity contribution is 6.31. The molecule has 0 amide bonds. The molecule has 4 rings (SSSR count). The van der Waals surface area contributed by atoms with Gasteiger partial charge in [0.25, 0.3) is 0 Å². The first-order chi connectivity index (χ1) is 10.3. The van der Waals surface area contributed by atoms with Crippen LogP contribution in [-0.4, -0.2) is 35.6 Å². The molecule has 2 fully saturated rings. The standard InChI is InChI=1S/C16H20ClN3O/c17-11-3-4-15-13(10-11)19-16(21-15)14-2-1-9-20(14)12-5-7-18-8-6-12/h3-4,10,12,14,18H,1-2,5-9H2. The number of aromatic nitrogens is 1. The molecule has 2 saturated heterocycles. The van der Waals surface area contributed by atoms with E-state index in [1.807, 2.05) is 18.2 Å². The summed E-state index contributed by atoms with van der Waals surface area (Å²) in [5.41, 5.74) is 1.71. The van der Waals surface area contributed by atoms with Crippen molar-refractivity contribution in [3.63, 3.8) is 0 Å². The molecule has 0 spiro atoms. The van der Waals surface area contributed by atoms with Crippen LogP contribution in [0.15, 0.2) is 22.6 Å². The summed E-state index contributed by atoms with van der Waals surface area (Å²) >= 11 is 6.04. The summed E-state index contributed by atoms with van der Waals surface area (Å²) in [5.74, 6) is 0.864. The lowest BCUT2D eigenvalue weighted by atomic mass is 10.0. The van der Waals surface area contributed by atoms with Crippen LogP contribution in [0.25, 0.3) is 11.1 Å². The number of piperidine rings is 1. The van der Waals surface area contributed by atoms with Gasteiger partial charge in [-0.1, -0.05) is 11.6 Å². The van der Waals surface area contributed by atoms with Gasteiger partial charge in [-0.05, 0) is 63.5 Å². The molecule has 0 saturated carbocycles. The van der Waals surface area contributed by atoms with Crippen LogP contribution in [-0.2, 0) is 0 Å². The third-order valence-electron chi connectivity index (χ3n) is 4.72. The Morgan fingerprint density at radius 3 is 2.95 bits per heavy atom. The normalized spacial score (nSPS) is 24.9. The highest BCUT2D eigenvalue weighted by atomic mass is 35.5. The number of hydrogen-bond donors (Lipinski definition) is 1. The molecular formula is C16H20ClN3O. The molecule has 1 aromatic heterocycles. The highest BCUT2D eigenvalue weighted by Crippen LogP contribution is 2.36. The van der Waals surface area contributed by atoms with Crippen LogP contribution < -0.4 is 5.32 Å². The largest absolute Gasteiger partial charge is 0.439 e. The summed E-state index contributed by atoms with van der Waals surface area (Å²) in [6.45, 7) is 3.41. The van der Waals surface area contributed by atoms with E-state index in [9.17, 15) is 0 Å². The first-order valence-corrected chi connectivity index (χ1v) is 8.21. The van der Waals surface area contributed by atoms with E-state index in [0.29, 0.717) is 17.1 Å². The average Bonchev–Trinajstić information content (AvgIpc) is 3.13. The zero-order chi connectivity index (χ0) is 14.2. The van der Waals surface area contributed by atoms with Crippen LogP contribution in [0, 0.1) is 0 Å². The molecule has 5 heteroatoms. The maximum atomic E-state index is 6.04. The van der Waals surface area contributed by atoms with Crippen molar-refractivity contribution < 1.29 is 4.42 Å². The SMILES string of the molecule is Clc1ccc2oc(C3CCCN3C3CCNCC3)nc2c1. The highest BCUT2D eigenvalue weighted by Gasteiger charge is 2.35. The predicted molar refractivity (Wildman–Crippen MR) is 83.6 cm³/mol. The van der Waals surface area contributed by atoms with Crippen molar-refractivity contribution in [3.8, 4) is 0 Å². The molecule has 21 heavy (non-hydrogen) atoms. The van der Waals surface area contributed by atoms with Crippen LogP contribution in [0.4, 0.5) is 0 Å². The Balaban J connectivity index is 1.63. The second kappa shape index (κ2) is 5.59. The van der Waals surface area contributed by atoms with Crippen LogP contribution in [0.2, 0.25) is 5.02 Å². The lowest BCUT2D eigenvalue weighted by molar-refractivity contribution is 0.132. The number of likely N-dealkylation sites (tertiary alicyclic amines) is 1. The number of halogens is 1. The van der Waals surface area contributed by atoms with E-state index >= 15 is 0 Å². The monoisotopic (exact) mass is 305 g/mol. The molecule has 4 nitrogen and oxygen atoms in total. The van der Waals surface area contributed by atoms with E-state index < -0.39 is 0 Å². The number of oxazole rings is 1. The number of nitrogens with one attached hydrogen (secondary N) is 1. The van der Waals surface area contributed by atoms with Gasteiger partial charge in [0.1, 0.15) is 5.52 Å². The Morgan fingerprint density at radius 1 is 1.24 bits per heavy atom. The maximum absolute atomic E-state index is 6.04. The van der Waals surface area contributed by atoms with Crippen LogP contribution in [0.3, 0.4) is 0 Å². The molecule has 1 aromatic carbocycles. The van der Waals surface area contributed by atoms with Gasteiger partial charge in [0.2, 0.25) is 5.89 Å². The number of fused-ring (bicyclic) bond motifs is 1. The maximum Gasteiger partial charge on any atom is 0.212 e. The van der Waals surface area contributed by atoms with Gasteiger partial charge >= 0.3 is 0 Å². The molecule has 1 N–H and O–H groups in total. The van der Waals surface area contributed by atoms with Gasteiger partial charge in [-0.15, -0.1) is 0 Å². The zero-order valence-corrected chi connectivity index (χ0v) is 12.8. The first-order valence-electron chi connectivity index (χ1n) is 7.84. The molecule has 1 unspecified atom stereocenters. The van der Waals surface area contributed by atoms with Gasteiger partial charge in [-0.2, -0.15) is 0 Å². The summed E-state index contributed by atoms with van der Waals surface area (Å²) in [5, 5.41) is 4.15. The third kappa shape index (κ3) is 2.56. The van der Waals surface area contributed by atoms with Crippen LogP contribution in [0.1, 0.15) is 37.6 Å². The van der Waals surface area contributed by atoms with Crippen molar-refractivity contribution in [2.75, 3.05) is 19.6 Å². The topological polar surface area (TPSA) is 41.3 Å². The molecule has 0 radical (unpaired) electrons. The molecule has 0 aliphatic carbocycles. The Bertz CT molecular complexity index is 635. The zero-order valence-electron chi connectivity index (χ0n) is 12.0. The molecule has 1 atom stereocenters. The molecule has 112 valence electrons. The average molecular weight is 306 g/mol. The van der Waals surface area contributed by atoms with Crippen molar-refractivity contribution in [3.05, 3.63) is 29.1 Å². The van der Waals surface area contributed by atoms with Gasteiger partial charge in [0, 0.05) is 11.1 Å². The Hall–Kier alpha value is -1.10. The van der Waals surface area contributed by atoms with Gasteiger partial charge in [-0.3, -0.25) is 4.90 Å². The second-order valence-electron chi connectivity index (χ2n) is 6.04. The molecule has 2 aliphatic rings. The minimum absolute atomic E-state index is 0.333. The van der Waals surface area contributed by atoms with E-state index in [2.05, 4.69) is 10.2 Å². The molecule has 0 bridgehead atoms. The van der Waals surface area contributed by atoms with Crippen LogP contribution >= 0.6 is 11.6 Å². The minimum Gasteiger partial charge on any atom is -0.439 e. The van der Waals surface area contributed by atoms with E-state index in [1.54, 1.807) is 0 Å². The van der Waals surface area contributed by atoms with Gasteiger partial charge < -0.3 is 9.73 Å².